The molecule has 2 rings (SSSR count). The maximum Gasteiger partial charge on any atom is 0.289 e. The molecule has 1 heterocycles. The third kappa shape index (κ3) is 4.90. The molecule has 1 aromatic carbocycles. The van der Waals surface area contributed by atoms with Gasteiger partial charge in [0.15, 0.2) is 6.10 Å². The number of aromatic nitrogens is 2. The van der Waals surface area contributed by atoms with E-state index in [1.54, 1.807) is 26.0 Å². The van der Waals surface area contributed by atoms with Crippen molar-refractivity contribution in [1.82, 2.24) is 20.8 Å². The van der Waals surface area contributed by atoms with Crippen molar-refractivity contribution in [2.45, 2.75) is 33.8 Å². The van der Waals surface area contributed by atoms with Crippen LogP contribution in [0, 0.1) is 20.8 Å². The summed E-state index contributed by atoms with van der Waals surface area (Å²) in [5, 5.41) is 0.603. The van der Waals surface area contributed by atoms with Gasteiger partial charge in [0, 0.05) is 11.2 Å². The molecular formula is C17H19ClN4O3. The van der Waals surface area contributed by atoms with E-state index in [9.17, 15) is 9.59 Å². The summed E-state index contributed by atoms with van der Waals surface area (Å²) in [5.41, 5.74) is 7.03. The molecule has 0 bridgehead atoms. The minimum Gasteiger partial charge on any atom is -0.480 e. The van der Waals surface area contributed by atoms with E-state index in [0.29, 0.717) is 16.5 Å². The lowest BCUT2D eigenvalue weighted by Gasteiger charge is -2.18. The van der Waals surface area contributed by atoms with E-state index in [1.807, 2.05) is 13.8 Å². The highest BCUT2D eigenvalue weighted by atomic mass is 35.5. The van der Waals surface area contributed by atoms with Gasteiger partial charge in [-0.2, -0.15) is 0 Å². The lowest BCUT2D eigenvalue weighted by Crippen LogP contribution is -2.47. The van der Waals surface area contributed by atoms with Crippen molar-refractivity contribution in [2.24, 2.45) is 0 Å². The Morgan fingerprint density at radius 3 is 2.28 bits per heavy atom. The van der Waals surface area contributed by atoms with Crippen molar-refractivity contribution in [3.8, 4) is 5.75 Å². The number of halogens is 1. The van der Waals surface area contributed by atoms with Crippen LogP contribution in [0.4, 0.5) is 0 Å². The minimum atomic E-state index is -0.817. The van der Waals surface area contributed by atoms with E-state index >= 15 is 0 Å². The van der Waals surface area contributed by atoms with Crippen LogP contribution in [0.5, 0.6) is 5.75 Å². The Morgan fingerprint density at radius 2 is 1.72 bits per heavy atom. The van der Waals surface area contributed by atoms with Gasteiger partial charge in [-0.3, -0.25) is 25.4 Å². The van der Waals surface area contributed by atoms with Crippen LogP contribution < -0.4 is 15.6 Å². The topological polar surface area (TPSA) is 93.2 Å². The van der Waals surface area contributed by atoms with Gasteiger partial charge < -0.3 is 4.74 Å². The Morgan fingerprint density at radius 1 is 1.08 bits per heavy atom. The second-order valence-corrected chi connectivity index (χ2v) is 6.05. The number of rotatable bonds is 4. The van der Waals surface area contributed by atoms with Crippen LogP contribution in [-0.2, 0) is 4.79 Å². The summed E-state index contributed by atoms with van der Waals surface area (Å²) in [7, 11) is 0. The third-order valence-electron chi connectivity index (χ3n) is 3.40. The number of hydrogen-bond donors (Lipinski definition) is 2. The van der Waals surface area contributed by atoms with Crippen molar-refractivity contribution in [3.63, 3.8) is 0 Å². The molecule has 1 unspecified atom stereocenters. The molecule has 0 saturated heterocycles. The van der Waals surface area contributed by atoms with Gasteiger partial charge in [0.25, 0.3) is 11.8 Å². The first-order valence-electron chi connectivity index (χ1n) is 7.60. The van der Waals surface area contributed by atoms with E-state index in [-0.39, 0.29) is 5.69 Å². The Kier molecular flexibility index (Phi) is 5.93. The van der Waals surface area contributed by atoms with Gasteiger partial charge in [0.1, 0.15) is 11.4 Å². The molecule has 1 aromatic heterocycles. The fourth-order valence-electron chi connectivity index (χ4n) is 2.11. The monoisotopic (exact) mass is 362 g/mol. The predicted molar refractivity (Wildman–Crippen MR) is 93.4 cm³/mol. The quantitative estimate of drug-likeness (QED) is 0.814. The number of nitrogens with one attached hydrogen (secondary N) is 2. The molecule has 0 aliphatic rings. The number of hydrogen-bond acceptors (Lipinski definition) is 5. The number of amides is 2. The zero-order valence-corrected chi connectivity index (χ0v) is 15.1. The molecule has 0 fully saturated rings. The number of carbonyl (C=O) groups is 2. The van der Waals surface area contributed by atoms with Crippen LogP contribution in [0.3, 0.4) is 0 Å². The summed E-state index contributed by atoms with van der Waals surface area (Å²) < 4.78 is 5.70. The van der Waals surface area contributed by atoms with E-state index in [2.05, 4.69) is 20.8 Å². The lowest BCUT2D eigenvalue weighted by atomic mass is 10.1. The summed E-state index contributed by atoms with van der Waals surface area (Å²) in [6, 6.07) is 3.51. The first-order chi connectivity index (χ1) is 11.8. The first kappa shape index (κ1) is 18.7. The largest absolute Gasteiger partial charge is 0.480 e. The van der Waals surface area contributed by atoms with Crippen LogP contribution in [0.1, 0.15) is 34.2 Å². The number of ether oxygens (including phenoxy) is 1. The van der Waals surface area contributed by atoms with Gasteiger partial charge in [0.05, 0.1) is 11.9 Å². The first-order valence-corrected chi connectivity index (χ1v) is 7.98. The average molecular weight is 363 g/mol. The maximum absolute atomic E-state index is 12.1. The third-order valence-corrected chi connectivity index (χ3v) is 3.62. The molecule has 7 nitrogen and oxygen atoms in total. The molecule has 1 atom stereocenters. The maximum atomic E-state index is 12.1. The summed E-state index contributed by atoms with van der Waals surface area (Å²) in [5.74, 6) is -0.475. The molecule has 2 amide bonds. The molecule has 0 radical (unpaired) electrons. The molecule has 0 saturated carbocycles. The van der Waals surface area contributed by atoms with Crippen LogP contribution in [0.2, 0.25) is 5.02 Å². The second-order valence-electron chi connectivity index (χ2n) is 5.62. The molecule has 25 heavy (non-hydrogen) atoms. The Labute approximate surface area is 150 Å². The molecule has 2 N–H and O–H groups in total. The van der Waals surface area contributed by atoms with Crippen LogP contribution in [0.15, 0.2) is 24.5 Å². The predicted octanol–water partition coefficient (Wildman–Crippen LogP) is 2.28. The van der Waals surface area contributed by atoms with Crippen molar-refractivity contribution in [1.29, 1.82) is 0 Å². The molecule has 0 spiro atoms. The fraction of sp³-hybridized carbons (Fsp3) is 0.294. The molecule has 0 aliphatic heterocycles. The molecule has 8 heteroatoms. The van der Waals surface area contributed by atoms with Crippen LogP contribution >= 0.6 is 11.6 Å². The van der Waals surface area contributed by atoms with Gasteiger partial charge in [-0.05, 0) is 51.0 Å². The minimum absolute atomic E-state index is 0.101. The summed E-state index contributed by atoms with van der Waals surface area (Å²) >= 11 is 5.98. The van der Waals surface area contributed by atoms with Crippen molar-refractivity contribution < 1.29 is 14.3 Å². The number of hydrazine groups is 1. The highest BCUT2D eigenvalue weighted by molar-refractivity contribution is 6.30. The van der Waals surface area contributed by atoms with E-state index in [1.165, 1.54) is 12.4 Å². The normalized spacial score (nSPS) is 11.6. The van der Waals surface area contributed by atoms with Gasteiger partial charge in [-0.1, -0.05) is 11.6 Å². The van der Waals surface area contributed by atoms with Crippen LogP contribution in [0.25, 0.3) is 0 Å². The highest BCUT2D eigenvalue weighted by Gasteiger charge is 2.18. The number of nitrogens with zero attached hydrogens (tertiary/aromatic N) is 2. The second kappa shape index (κ2) is 7.94. The molecule has 0 aliphatic carbocycles. The summed E-state index contributed by atoms with van der Waals surface area (Å²) in [6.07, 6.45) is 1.98. The van der Waals surface area contributed by atoms with Gasteiger partial charge in [-0.25, -0.2) is 4.98 Å². The van der Waals surface area contributed by atoms with E-state index in [4.69, 9.17) is 16.3 Å². The number of aryl methyl sites for hydroxylation is 3. The van der Waals surface area contributed by atoms with Crippen molar-refractivity contribution >= 4 is 23.4 Å². The Balaban J connectivity index is 1.94. The molecule has 2 aromatic rings. The van der Waals surface area contributed by atoms with Crippen molar-refractivity contribution in [3.05, 3.63) is 52.1 Å². The molecule has 132 valence electrons. The zero-order chi connectivity index (χ0) is 18.6. The van der Waals surface area contributed by atoms with Gasteiger partial charge in [-0.15, -0.1) is 0 Å². The average Bonchev–Trinajstić information content (AvgIpc) is 2.56. The van der Waals surface area contributed by atoms with Gasteiger partial charge in [0.2, 0.25) is 0 Å². The molecular weight excluding hydrogens is 344 g/mol. The van der Waals surface area contributed by atoms with Gasteiger partial charge >= 0.3 is 0 Å². The fourth-order valence-corrected chi connectivity index (χ4v) is 2.43. The van der Waals surface area contributed by atoms with E-state index in [0.717, 1.165) is 11.1 Å². The summed E-state index contributed by atoms with van der Waals surface area (Å²) in [6.45, 7) is 7.03. The van der Waals surface area contributed by atoms with Crippen molar-refractivity contribution in [2.75, 3.05) is 0 Å². The Bertz CT molecular complexity index is 770. The summed E-state index contributed by atoms with van der Waals surface area (Å²) in [4.78, 5) is 31.9. The standard InChI is InChI=1S/C17H19ClN4O3/c1-9-5-13(18)6-10(2)15(9)25-12(4)16(23)21-22-17(24)14-8-19-11(3)7-20-14/h5-8,12H,1-4H3,(H,21,23)(H,22,24). The number of carbonyl (C=O) groups excluding carboxylic acids is 2. The SMILES string of the molecule is Cc1cnc(C(=O)NNC(=O)C(C)Oc2c(C)cc(Cl)cc2C)cn1. The lowest BCUT2D eigenvalue weighted by molar-refractivity contribution is -0.128. The Hall–Kier alpha value is -2.67. The van der Waals surface area contributed by atoms with E-state index < -0.39 is 17.9 Å². The highest BCUT2D eigenvalue weighted by Crippen LogP contribution is 2.27. The van der Waals surface area contributed by atoms with Crippen LogP contribution in [-0.4, -0.2) is 27.9 Å². The zero-order valence-electron chi connectivity index (χ0n) is 14.4. The number of benzene rings is 1. The smallest absolute Gasteiger partial charge is 0.289 e.